The SMILES string of the molecule is COc1cc2c(cc1OC)[C@@H]1Cc3ccc(O)c(OC)c3C[N+]1(C)CC2.[Cl-]. The first-order valence-electron chi connectivity index (χ1n) is 8.97. The summed E-state index contributed by atoms with van der Waals surface area (Å²) in [4.78, 5) is 0. The molecule has 2 aliphatic heterocycles. The number of halogens is 1. The zero-order valence-corrected chi connectivity index (χ0v) is 17.0. The van der Waals surface area contributed by atoms with Crippen molar-refractivity contribution in [3.63, 3.8) is 0 Å². The van der Waals surface area contributed by atoms with E-state index in [1.165, 1.54) is 16.7 Å². The number of methoxy groups -OCH3 is 3. The molecule has 2 aromatic carbocycles. The van der Waals surface area contributed by atoms with Gasteiger partial charge in [0.25, 0.3) is 0 Å². The maximum Gasteiger partial charge on any atom is 0.169 e. The van der Waals surface area contributed by atoms with E-state index >= 15 is 0 Å². The predicted octanol–water partition coefficient (Wildman–Crippen LogP) is 0.222. The van der Waals surface area contributed by atoms with Crippen LogP contribution in [0.2, 0.25) is 0 Å². The van der Waals surface area contributed by atoms with Gasteiger partial charge in [-0.05, 0) is 29.3 Å². The molecule has 2 aliphatic rings. The third-order valence-corrected chi connectivity index (χ3v) is 6.12. The molecule has 0 aliphatic carbocycles. The van der Waals surface area contributed by atoms with Crippen molar-refractivity contribution in [2.45, 2.75) is 25.4 Å². The smallest absolute Gasteiger partial charge is 0.169 e. The van der Waals surface area contributed by atoms with Crippen LogP contribution in [0.15, 0.2) is 24.3 Å². The first-order chi connectivity index (χ1) is 12.5. The molecule has 2 atom stereocenters. The molecule has 0 saturated carbocycles. The van der Waals surface area contributed by atoms with E-state index in [1.807, 2.05) is 6.07 Å². The molecule has 0 fully saturated rings. The van der Waals surface area contributed by atoms with Gasteiger partial charge in [-0.15, -0.1) is 0 Å². The molecular weight excluding hydrogens is 366 g/mol. The maximum atomic E-state index is 10.2. The van der Waals surface area contributed by atoms with E-state index in [0.29, 0.717) is 11.8 Å². The number of phenols is 1. The number of rotatable bonds is 3. The van der Waals surface area contributed by atoms with E-state index in [0.717, 1.165) is 47.5 Å². The Labute approximate surface area is 166 Å². The molecular formula is C21H26ClNO4. The summed E-state index contributed by atoms with van der Waals surface area (Å²) in [6.45, 7) is 1.90. The van der Waals surface area contributed by atoms with Crippen LogP contribution in [0.4, 0.5) is 0 Å². The van der Waals surface area contributed by atoms with Crippen LogP contribution in [-0.4, -0.2) is 44.5 Å². The summed E-state index contributed by atoms with van der Waals surface area (Å²) in [6.07, 6.45) is 1.92. The van der Waals surface area contributed by atoms with Gasteiger partial charge in [0.2, 0.25) is 0 Å². The minimum Gasteiger partial charge on any atom is -1.00 e. The summed E-state index contributed by atoms with van der Waals surface area (Å²) in [5.41, 5.74) is 5.07. The Bertz CT molecular complexity index is 870. The second kappa shape index (κ2) is 7.13. The number of phenolic OH excluding ortho intramolecular Hbond substituents is 1. The fraction of sp³-hybridized carbons (Fsp3) is 0.429. The standard InChI is InChI=1S/C21H25NO4.ClH/c1-22-8-7-14-10-19(24-2)20(25-3)11-15(14)17(22)9-13-5-6-18(23)21(26-4)16(13)12-22;/h5-6,10-11,17H,7-9,12H2,1-4H3;1H/t17-,22?;/m0./s1. The second-order valence-electron chi connectivity index (χ2n) is 7.49. The average molecular weight is 392 g/mol. The van der Waals surface area contributed by atoms with Crippen LogP contribution >= 0.6 is 0 Å². The van der Waals surface area contributed by atoms with Crippen molar-refractivity contribution in [1.29, 1.82) is 0 Å². The highest BCUT2D eigenvalue weighted by Crippen LogP contribution is 2.48. The maximum absolute atomic E-state index is 10.2. The van der Waals surface area contributed by atoms with Gasteiger partial charge in [0, 0.05) is 18.4 Å². The van der Waals surface area contributed by atoms with Crippen LogP contribution in [0.5, 0.6) is 23.0 Å². The zero-order valence-electron chi connectivity index (χ0n) is 16.2. The largest absolute Gasteiger partial charge is 1.00 e. The Balaban J connectivity index is 0.00000210. The highest BCUT2D eigenvalue weighted by Gasteiger charge is 2.44. The Morgan fingerprint density at radius 1 is 1.00 bits per heavy atom. The molecule has 0 amide bonds. The van der Waals surface area contributed by atoms with Gasteiger partial charge in [0.1, 0.15) is 12.6 Å². The lowest BCUT2D eigenvalue weighted by Crippen LogP contribution is -3.00. The van der Waals surface area contributed by atoms with Gasteiger partial charge in [-0.1, -0.05) is 6.07 Å². The Hall–Kier alpha value is -2.11. The van der Waals surface area contributed by atoms with Gasteiger partial charge in [-0.25, -0.2) is 0 Å². The van der Waals surface area contributed by atoms with E-state index < -0.39 is 0 Å². The number of hydrogen-bond acceptors (Lipinski definition) is 4. The summed E-state index contributed by atoms with van der Waals surface area (Å²) < 4.78 is 17.5. The van der Waals surface area contributed by atoms with Gasteiger partial charge in [-0.2, -0.15) is 0 Å². The second-order valence-corrected chi connectivity index (χ2v) is 7.49. The number of nitrogens with zero attached hydrogens (tertiary/aromatic N) is 1. The minimum atomic E-state index is 0. The van der Waals surface area contributed by atoms with Crippen molar-refractivity contribution in [2.75, 3.05) is 34.9 Å². The average Bonchev–Trinajstić information content (AvgIpc) is 2.65. The number of fused-ring (bicyclic) bond motifs is 4. The molecule has 1 N–H and O–H groups in total. The van der Waals surface area contributed by atoms with Gasteiger partial charge in [-0.3, -0.25) is 0 Å². The topological polar surface area (TPSA) is 47.9 Å². The number of quaternary nitrogens is 1. The number of ether oxygens (including phenoxy) is 3. The third-order valence-electron chi connectivity index (χ3n) is 6.12. The molecule has 4 rings (SSSR count). The van der Waals surface area contributed by atoms with Crippen molar-refractivity contribution in [3.05, 3.63) is 46.5 Å². The van der Waals surface area contributed by atoms with Crippen LogP contribution in [0.1, 0.15) is 28.3 Å². The molecule has 0 bridgehead atoms. The summed E-state index contributed by atoms with van der Waals surface area (Å²) in [5.74, 6) is 2.43. The van der Waals surface area contributed by atoms with Crippen molar-refractivity contribution in [3.8, 4) is 23.0 Å². The molecule has 0 radical (unpaired) electrons. The molecule has 2 aromatic rings. The van der Waals surface area contributed by atoms with Gasteiger partial charge in [0.05, 0.1) is 40.5 Å². The monoisotopic (exact) mass is 391 g/mol. The number of likely N-dealkylation sites (N-methyl/N-ethyl adjacent to an activating group) is 1. The highest BCUT2D eigenvalue weighted by atomic mass is 35.5. The summed E-state index contributed by atoms with van der Waals surface area (Å²) in [7, 11) is 7.30. The highest BCUT2D eigenvalue weighted by molar-refractivity contribution is 5.53. The zero-order chi connectivity index (χ0) is 18.5. The third kappa shape index (κ3) is 2.99. The lowest BCUT2D eigenvalue weighted by atomic mass is 9.81. The Kier molecular flexibility index (Phi) is 5.19. The van der Waals surface area contributed by atoms with Gasteiger partial charge in [0.15, 0.2) is 23.0 Å². The normalized spacial score (nSPS) is 22.6. The van der Waals surface area contributed by atoms with Crippen molar-refractivity contribution in [1.82, 2.24) is 0 Å². The Morgan fingerprint density at radius 3 is 2.37 bits per heavy atom. The molecule has 1 unspecified atom stereocenters. The molecule has 6 heteroatoms. The van der Waals surface area contributed by atoms with E-state index in [9.17, 15) is 5.11 Å². The van der Waals surface area contributed by atoms with Crippen LogP contribution in [0.3, 0.4) is 0 Å². The van der Waals surface area contributed by atoms with Crippen LogP contribution in [0.25, 0.3) is 0 Å². The number of benzene rings is 2. The molecule has 2 heterocycles. The van der Waals surface area contributed by atoms with Crippen LogP contribution in [0, 0.1) is 0 Å². The fourth-order valence-corrected chi connectivity index (χ4v) is 4.67. The summed E-state index contributed by atoms with van der Waals surface area (Å²) in [6, 6.07) is 8.42. The molecule has 5 nitrogen and oxygen atoms in total. The quantitative estimate of drug-likeness (QED) is 0.761. The van der Waals surface area contributed by atoms with Crippen molar-refractivity contribution >= 4 is 0 Å². The molecule has 0 aromatic heterocycles. The molecule has 0 saturated heterocycles. The van der Waals surface area contributed by atoms with Crippen LogP contribution in [-0.2, 0) is 19.4 Å². The minimum absolute atomic E-state index is 0. The van der Waals surface area contributed by atoms with E-state index in [2.05, 4.69) is 19.2 Å². The Morgan fingerprint density at radius 2 is 1.70 bits per heavy atom. The predicted molar refractivity (Wildman–Crippen MR) is 99.1 cm³/mol. The molecule has 27 heavy (non-hydrogen) atoms. The lowest BCUT2D eigenvalue weighted by molar-refractivity contribution is -0.956. The first-order valence-corrected chi connectivity index (χ1v) is 8.97. The molecule has 146 valence electrons. The summed E-state index contributed by atoms with van der Waals surface area (Å²) in [5, 5.41) is 10.2. The van der Waals surface area contributed by atoms with Crippen molar-refractivity contribution in [2.24, 2.45) is 0 Å². The summed E-state index contributed by atoms with van der Waals surface area (Å²) >= 11 is 0. The van der Waals surface area contributed by atoms with Crippen molar-refractivity contribution < 1.29 is 36.2 Å². The number of aromatic hydroxyl groups is 1. The number of hydrogen-bond donors (Lipinski definition) is 1. The van der Waals surface area contributed by atoms with E-state index in [4.69, 9.17) is 14.2 Å². The van der Waals surface area contributed by atoms with Gasteiger partial charge >= 0.3 is 0 Å². The first kappa shape index (κ1) is 19.6. The fourth-order valence-electron chi connectivity index (χ4n) is 4.67. The van der Waals surface area contributed by atoms with E-state index in [1.54, 1.807) is 27.4 Å². The van der Waals surface area contributed by atoms with Crippen LogP contribution < -0.4 is 26.6 Å². The lowest BCUT2D eigenvalue weighted by Gasteiger charge is -2.49. The van der Waals surface area contributed by atoms with E-state index in [-0.39, 0.29) is 18.2 Å². The van der Waals surface area contributed by atoms with Gasteiger partial charge < -0.3 is 36.2 Å². The molecule has 0 spiro atoms.